The summed E-state index contributed by atoms with van der Waals surface area (Å²) in [4.78, 5) is 20.2. The van der Waals surface area contributed by atoms with Gasteiger partial charge >= 0.3 is 0 Å². The molecule has 222 valence electrons. The molecule has 1 amide bonds. The van der Waals surface area contributed by atoms with Crippen molar-refractivity contribution in [1.82, 2.24) is 15.2 Å². The number of carbonyl (C=O) groups is 1. The Bertz CT molecular complexity index is 1280. The summed E-state index contributed by atoms with van der Waals surface area (Å²) in [7, 11) is 1.68. The molecule has 0 bridgehead atoms. The molecule has 5 N–H and O–H groups in total. The van der Waals surface area contributed by atoms with Crippen LogP contribution < -0.4 is 21.9 Å². The number of carbonyl (C=O) groups excluding carboxylic acids is 1. The SMILES string of the molecule is CCCCN(CC)CC1=C(OC)C(NC(=O)c2ccc(C)c(N(N)/C=C(\N)c3cccnc3)c2)=CC(C(C)(C)C)C1. The van der Waals surface area contributed by atoms with E-state index in [9.17, 15) is 4.79 Å². The van der Waals surface area contributed by atoms with E-state index in [1.165, 1.54) is 10.6 Å². The summed E-state index contributed by atoms with van der Waals surface area (Å²) in [6.45, 7) is 15.9. The van der Waals surface area contributed by atoms with Crippen LogP contribution in [0.4, 0.5) is 5.69 Å². The van der Waals surface area contributed by atoms with Crippen molar-refractivity contribution in [3.8, 4) is 0 Å². The molecule has 1 aromatic carbocycles. The molecule has 0 saturated heterocycles. The molecule has 1 aromatic heterocycles. The molecule has 1 unspecified atom stereocenters. The van der Waals surface area contributed by atoms with Crippen LogP contribution in [-0.2, 0) is 4.74 Å². The number of nitrogens with one attached hydrogen (secondary N) is 1. The fraction of sp³-hybridized carbons (Fsp3) is 0.455. The minimum atomic E-state index is -0.225. The Morgan fingerprint density at radius 2 is 1.98 bits per heavy atom. The van der Waals surface area contributed by atoms with E-state index in [0.29, 0.717) is 16.9 Å². The number of rotatable bonds is 12. The molecule has 8 heteroatoms. The molecule has 0 fully saturated rings. The van der Waals surface area contributed by atoms with Crippen molar-refractivity contribution in [3.05, 3.63) is 88.7 Å². The van der Waals surface area contributed by atoms with Crippen LogP contribution in [0.5, 0.6) is 0 Å². The van der Waals surface area contributed by atoms with Crippen molar-refractivity contribution < 1.29 is 9.53 Å². The van der Waals surface area contributed by atoms with Crippen molar-refractivity contribution in [1.29, 1.82) is 0 Å². The first kappa shape index (κ1) is 31.9. The van der Waals surface area contributed by atoms with E-state index in [0.717, 1.165) is 61.5 Å². The van der Waals surface area contributed by atoms with Crippen LogP contribution in [0.3, 0.4) is 0 Å². The molecule has 0 aliphatic heterocycles. The minimum Gasteiger partial charge on any atom is -0.495 e. The number of allylic oxidation sites excluding steroid dienone is 1. The van der Waals surface area contributed by atoms with Gasteiger partial charge in [-0.1, -0.05) is 53.2 Å². The second-order valence-corrected chi connectivity index (χ2v) is 11.8. The maximum absolute atomic E-state index is 13.6. The number of aryl methyl sites for hydroxylation is 1. The van der Waals surface area contributed by atoms with E-state index in [-0.39, 0.29) is 17.2 Å². The molecule has 1 atom stereocenters. The van der Waals surface area contributed by atoms with Gasteiger partial charge in [0.05, 0.1) is 24.2 Å². The third-order valence-corrected chi connectivity index (χ3v) is 7.68. The lowest BCUT2D eigenvalue weighted by Gasteiger charge is -2.35. The number of unbranched alkanes of at least 4 members (excludes halogenated alkanes) is 1. The molecule has 0 radical (unpaired) electrons. The van der Waals surface area contributed by atoms with Crippen LogP contribution in [0.1, 0.15) is 75.4 Å². The first-order valence-electron chi connectivity index (χ1n) is 14.5. The highest BCUT2D eigenvalue weighted by Crippen LogP contribution is 2.39. The second kappa shape index (κ2) is 14.3. The molecular formula is C33H48N6O2. The lowest BCUT2D eigenvalue weighted by Crippen LogP contribution is -2.34. The van der Waals surface area contributed by atoms with Crippen LogP contribution in [0.2, 0.25) is 0 Å². The number of pyridine rings is 1. The van der Waals surface area contributed by atoms with Gasteiger partial charge in [-0.05, 0) is 79.6 Å². The topological polar surface area (TPSA) is 110 Å². The normalized spacial score (nSPS) is 16.1. The summed E-state index contributed by atoms with van der Waals surface area (Å²) in [5.74, 6) is 7.18. The Kier molecular flexibility index (Phi) is 11.1. The standard InChI is InChI=1S/C33H48N6O2/c1-8-10-16-38(9-2)21-26-17-27(33(4,5)6)19-29(31(26)41-7)37-32(40)24-14-13-23(3)30(18-24)39(35)22-28(34)25-12-11-15-36-20-25/h11-15,18-20,22,27H,8-10,16-17,21,34-35H2,1-7H3,(H,37,40)/b28-22-. The van der Waals surface area contributed by atoms with Gasteiger partial charge < -0.3 is 15.8 Å². The predicted molar refractivity (Wildman–Crippen MR) is 168 cm³/mol. The first-order chi connectivity index (χ1) is 19.5. The Balaban J connectivity index is 1.91. The number of nitrogens with zero attached hydrogens (tertiary/aromatic N) is 3. The maximum Gasteiger partial charge on any atom is 0.255 e. The fourth-order valence-electron chi connectivity index (χ4n) is 4.98. The highest BCUT2D eigenvalue weighted by Gasteiger charge is 2.32. The smallest absolute Gasteiger partial charge is 0.255 e. The van der Waals surface area contributed by atoms with Gasteiger partial charge in [0.15, 0.2) is 0 Å². The third kappa shape index (κ3) is 8.44. The van der Waals surface area contributed by atoms with Crippen LogP contribution in [-0.4, -0.2) is 42.5 Å². The quantitative estimate of drug-likeness (QED) is 0.225. The zero-order valence-corrected chi connectivity index (χ0v) is 25.8. The third-order valence-electron chi connectivity index (χ3n) is 7.68. The van der Waals surface area contributed by atoms with Crippen molar-refractivity contribution >= 4 is 17.3 Å². The number of aromatic nitrogens is 1. The van der Waals surface area contributed by atoms with E-state index < -0.39 is 0 Å². The molecular weight excluding hydrogens is 512 g/mol. The van der Waals surface area contributed by atoms with E-state index >= 15 is 0 Å². The van der Waals surface area contributed by atoms with Crippen LogP contribution in [0.25, 0.3) is 5.70 Å². The molecule has 1 aliphatic carbocycles. The summed E-state index contributed by atoms with van der Waals surface area (Å²) < 4.78 is 5.95. The van der Waals surface area contributed by atoms with E-state index in [4.69, 9.17) is 16.3 Å². The second-order valence-electron chi connectivity index (χ2n) is 11.8. The van der Waals surface area contributed by atoms with Crippen LogP contribution in [0.15, 0.2) is 72.0 Å². The lowest BCUT2D eigenvalue weighted by molar-refractivity contribution is 0.0960. The van der Waals surface area contributed by atoms with Gasteiger partial charge in [0.2, 0.25) is 0 Å². The zero-order valence-electron chi connectivity index (χ0n) is 25.8. The monoisotopic (exact) mass is 560 g/mol. The molecule has 3 rings (SSSR count). The summed E-state index contributed by atoms with van der Waals surface area (Å²) in [5, 5.41) is 4.61. The summed E-state index contributed by atoms with van der Waals surface area (Å²) in [6, 6.07) is 9.16. The van der Waals surface area contributed by atoms with E-state index in [1.54, 1.807) is 31.8 Å². The number of anilines is 1. The number of benzene rings is 1. The van der Waals surface area contributed by atoms with Crippen molar-refractivity contribution in [2.24, 2.45) is 22.9 Å². The summed E-state index contributed by atoms with van der Waals surface area (Å²) in [5.41, 5.74) is 11.5. The lowest BCUT2D eigenvalue weighted by atomic mass is 9.74. The largest absolute Gasteiger partial charge is 0.495 e. The molecule has 0 saturated carbocycles. The molecule has 41 heavy (non-hydrogen) atoms. The van der Waals surface area contributed by atoms with Crippen molar-refractivity contribution in [2.45, 2.75) is 60.8 Å². The average molecular weight is 561 g/mol. The molecule has 8 nitrogen and oxygen atoms in total. The van der Waals surface area contributed by atoms with Gasteiger partial charge in [0, 0.05) is 36.3 Å². The van der Waals surface area contributed by atoms with Gasteiger partial charge in [-0.3, -0.25) is 19.7 Å². The summed E-state index contributed by atoms with van der Waals surface area (Å²) in [6.07, 6.45) is 10.4. The number of hydrogen-bond acceptors (Lipinski definition) is 7. The molecule has 0 spiro atoms. The van der Waals surface area contributed by atoms with Crippen LogP contribution >= 0.6 is 0 Å². The maximum atomic E-state index is 13.6. The number of likely N-dealkylation sites (N-methyl/N-ethyl adjacent to an activating group) is 1. The minimum absolute atomic E-state index is 0.0264. The van der Waals surface area contributed by atoms with Gasteiger partial charge in [-0.15, -0.1) is 0 Å². The average Bonchev–Trinajstić information content (AvgIpc) is 2.95. The number of hydrogen-bond donors (Lipinski definition) is 3. The number of ether oxygens (including phenoxy) is 1. The van der Waals surface area contributed by atoms with E-state index in [2.05, 4.69) is 55.9 Å². The zero-order chi connectivity index (χ0) is 30.2. The molecule has 1 heterocycles. The predicted octanol–water partition coefficient (Wildman–Crippen LogP) is 5.73. The van der Waals surface area contributed by atoms with Crippen molar-refractivity contribution in [3.63, 3.8) is 0 Å². The number of nitrogens with two attached hydrogens (primary N) is 2. The number of amides is 1. The first-order valence-corrected chi connectivity index (χ1v) is 14.5. The molecule has 1 aliphatic rings. The van der Waals surface area contributed by atoms with Gasteiger partial charge in [-0.25, -0.2) is 5.84 Å². The van der Waals surface area contributed by atoms with Crippen LogP contribution in [0, 0.1) is 18.3 Å². The van der Waals surface area contributed by atoms with E-state index in [1.807, 2.05) is 31.2 Å². The Morgan fingerprint density at radius 1 is 1.22 bits per heavy atom. The van der Waals surface area contributed by atoms with Gasteiger partial charge in [0.1, 0.15) is 5.76 Å². The Labute approximate surface area is 246 Å². The number of methoxy groups -OCH3 is 1. The Morgan fingerprint density at radius 3 is 2.59 bits per heavy atom. The summed E-state index contributed by atoms with van der Waals surface area (Å²) >= 11 is 0. The van der Waals surface area contributed by atoms with Gasteiger partial charge in [-0.2, -0.15) is 0 Å². The van der Waals surface area contributed by atoms with Crippen molar-refractivity contribution in [2.75, 3.05) is 31.8 Å². The van der Waals surface area contributed by atoms with Gasteiger partial charge in [0.25, 0.3) is 5.91 Å². The highest BCUT2D eigenvalue weighted by molar-refractivity contribution is 5.97. The fourth-order valence-corrected chi connectivity index (χ4v) is 4.98. The Hall–Kier alpha value is -3.62. The number of hydrazine groups is 1. The highest BCUT2D eigenvalue weighted by atomic mass is 16.5. The molecule has 2 aromatic rings.